The number of benzene rings is 1. The van der Waals surface area contributed by atoms with E-state index in [9.17, 15) is 36.4 Å². The van der Waals surface area contributed by atoms with Gasteiger partial charge in [0, 0.05) is 6.92 Å². The van der Waals surface area contributed by atoms with Gasteiger partial charge in [0.15, 0.2) is 11.5 Å². The molecule has 0 unspecified atom stereocenters. The Hall–Kier alpha value is -2.14. The number of unbranched alkanes of at least 4 members (excludes halogenated alkanes) is 1. The number of hydroxylamine groups is 1. The normalized spacial score (nSPS) is 12.0. The van der Waals surface area contributed by atoms with Crippen LogP contribution in [0.3, 0.4) is 0 Å². The maximum Gasteiger partial charge on any atom is 0.446 e. The molecule has 0 aliphatic heterocycles. The summed E-state index contributed by atoms with van der Waals surface area (Å²) in [5, 5.41) is 12.3. The van der Waals surface area contributed by atoms with Gasteiger partial charge in [0.05, 0.1) is 27.1 Å². The van der Waals surface area contributed by atoms with Gasteiger partial charge in [-0.15, -0.1) is 0 Å². The van der Waals surface area contributed by atoms with Crippen LogP contribution in [0, 0.1) is 11.3 Å². The number of nitrogens with zero attached hydrogens (tertiary/aromatic N) is 4. The van der Waals surface area contributed by atoms with Gasteiger partial charge in [0.25, 0.3) is 0 Å². The molecule has 0 bridgehead atoms. The van der Waals surface area contributed by atoms with Crippen molar-refractivity contribution in [3.63, 3.8) is 0 Å². The van der Waals surface area contributed by atoms with E-state index in [0.29, 0.717) is 34.7 Å². The summed E-state index contributed by atoms with van der Waals surface area (Å²) in [5.74, 6) is -1.57. The summed E-state index contributed by atoms with van der Waals surface area (Å²) in [6, 6.07) is 2.46. The predicted molar refractivity (Wildman–Crippen MR) is 109 cm³/mol. The summed E-state index contributed by atoms with van der Waals surface area (Å²) in [5.41, 5.74) is -7.38. The van der Waals surface area contributed by atoms with Crippen LogP contribution >= 0.6 is 35.0 Å². The van der Waals surface area contributed by atoms with E-state index in [2.05, 4.69) is 5.10 Å². The largest absolute Gasteiger partial charge is 0.446 e. The molecule has 0 radical (unpaired) electrons. The minimum atomic E-state index is -4.91. The van der Waals surface area contributed by atoms with Crippen LogP contribution in [0.1, 0.15) is 37.9 Å². The molecule has 0 N–H and O–H groups in total. The number of carbonyl (C=O) groups is 1. The van der Waals surface area contributed by atoms with Crippen molar-refractivity contribution in [3.05, 3.63) is 33.4 Å². The van der Waals surface area contributed by atoms with Crippen LogP contribution in [0.15, 0.2) is 17.0 Å². The number of alkyl halides is 6. The summed E-state index contributed by atoms with van der Waals surface area (Å²) in [6.45, 7) is 2.69. The number of anilines is 1. The molecule has 0 fully saturated rings. The lowest BCUT2D eigenvalue weighted by molar-refractivity contribution is -0.137. The van der Waals surface area contributed by atoms with E-state index in [1.165, 1.54) is 6.07 Å². The Morgan fingerprint density at radius 3 is 2.24 bits per heavy atom. The van der Waals surface area contributed by atoms with Crippen molar-refractivity contribution in [1.29, 1.82) is 5.26 Å². The van der Waals surface area contributed by atoms with Crippen molar-refractivity contribution in [2.45, 2.75) is 43.3 Å². The Labute approximate surface area is 197 Å². The Morgan fingerprint density at radius 1 is 1.24 bits per heavy atom. The molecular weight excluding hydrogens is 521 g/mol. The average Bonchev–Trinajstić information content (AvgIpc) is 2.99. The fourth-order valence-electron chi connectivity index (χ4n) is 2.54. The molecule has 0 saturated carbocycles. The van der Waals surface area contributed by atoms with Crippen LogP contribution < -0.4 is 5.06 Å². The third-order valence-corrected chi connectivity index (χ3v) is 5.28. The van der Waals surface area contributed by atoms with E-state index < -0.39 is 67.1 Å². The topological polar surface area (TPSA) is 71.2 Å². The first-order valence-corrected chi connectivity index (χ1v) is 10.6. The zero-order valence-corrected chi connectivity index (χ0v) is 19.1. The number of halogens is 8. The molecule has 0 aliphatic carbocycles. The van der Waals surface area contributed by atoms with Gasteiger partial charge < -0.3 is 0 Å². The minimum Gasteiger partial charge on any atom is -0.272 e. The van der Waals surface area contributed by atoms with Crippen LogP contribution in [0.25, 0.3) is 5.69 Å². The van der Waals surface area contributed by atoms with Gasteiger partial charge in [-0.2, -0.15) is 41.8 Å². The summed E-state index contributed by atoms with van der Waals surface area (Å²) >= 11 is 11.2. The molecule has 33 heavy (non-hydrogen) atoms. The smallest absolute Gasteiger partial charge is 0.272 e. The monoisotopic (exact) mass is 534 g/mol. The van der Waals surface area contributed by atoms with Crippen LogP contribution in [-0.2, 0) is 15.8 Å². The number of aromatic nitrogens is 2. The van der Waals surface area contributed by atoms with Crippen LogP contribution in [-0.4, -0.2) is 27.8 Å². The highest BCUT2D eigenvalue weighted by Crippen LogP contribution is 2.46. The summed E-state index contributed by atoms with van der Waals surface area (Å²) < 4.78 is 79.6. The number of rotatable bonds is 7. The Balaban J connectivity index is 2.86. The van der Waals surface area contributed by atoms with Gasteiger partial charge >= 0.3 is 11.7 Å². The molecule has 1 amide bonds. The molecule has 0 aliphatic rings. The maximum atomic E-state index is 13.3. The Kier molecular flexibility index (Phi) is 8.56. The van der Waals surface area contributed by atoms with E-state index in [1.54, 1.807) is 6.92 Å². The van der Waals surface area contributed by atoms with E-state index in [-0.39, 0.29) is 6.61 Å². The highest BCUT2D eigenvalue weighted by molar-refractivity contribution is 8.00. The lowest BCUT2D eigenvalue weighted by Gasteiger charge is -2.23. The van der Waals surface area contributed by atoms with Crippen molar-refractivity contribution < 1.29 is 36.0 Å². The van der Waals surface area contributed by atoms with E-state index >= 15 is 0 Å². The van der Waals surface area contributed by atoms with Gasteiger partial charge in [-0.25, -0.2) is 4.68 Å². The lowest BCUT2D eigenvalue weighted by atomic mass is 10.2. The van der Waals surface area contributed by atoms with Crippen LogP contribution in [0.4, 0.5) is 32.2 Å². The van der Waals surface area contributed by atoms with Gasteiger partial charge in [-0.1, -0.05) is 36.5 Å². The molecule has 15 heteroatoms. The number of amides is 1. The highest BCUT2D eigenvalue weighted by atomic mass is 35.5. The molecule has 1 aromatic heterocycles. The van der Waals surface area contributed by atoms with Crippen LogP contribution in [0.2, 0.25) is 10.0 Å². The van der Waals surface area contributed by atoms with Crippen LogP contribution in [0.5, 0.6) is 0 Å². The van der Waals surface area contributed by atoms with Crippen molar-refractivity contribution in [1.82, 2.24) is 9.78 Å². The zero-order valence-electron chi connectivity index (χ0n) is 16.8. The molecule has 1 heterocycles. The third-order valence-electron chi connectivity index (χ3n) is 3.90. The maximum absolute atomic E-state index is 13.3. The molecule has 2 aromatic rings. The number of thioether (sulfide) groups is 1. The molecule has 2 rings (SSSR count). The molecule has 0 spiro atoms. The van der Waals surface area contributed by atoms with Gasteiger partial charge in [0.2, 0.25) is 5.91 Å². The minimum absolute atomic E-state index is 0.0895. The molecule has 0 atom stereocenters. The summed E-state index contributed by atoms with van der Waals surface area (Å²) in [6.07, 6.45) is -3.77. The molecule has 6 nitrogen and oxygen atoms in total. The van der Waals surface area contributed by atoms with E-state index in [4.69, 9.17) is 28.0 Å². The second-order valence-electron chi connectivity index (χ2n) is 6.36. The van der Waals surface area contributed by atoms with Crippen molar-refractivity contribution in [2.24, 2.45) is 0 Å². The molecule has 1 aromatic carbocycles. The third kappa shape index (κ3) is 6.47. The summed E-state index contributed by atoms with van der Waals surface area (Å²) in [7, 11) is 0. The predicted octanol–water partition coefficient (Wildman–Crippen LogP) is 6.77. The molecule has 0 saturated heterocycles. The Morgan fingerprint density at radius 2 is 1.82 bits per heavy atom. The van der Waals surface area contributed by atoms with Crippen molar-refractivity contribution in [2.75, 3.05) is 11.7 Å². The van der Waals surface area contributed by atoms with E-state index in [1.807, 2.05) is 0 Å². The Bertz CT molecular complexity index is 1060. The number of nitriles is 1. The molecule has 180 valence electrons. The van der Waals surface area contributed by atoms with Gasteiger partial charge in [-0.3, -0.25) is 9.63 Å². The second kappa shape index (κ2) is 10.4. The average molecular weight is 535 g/mol. The fourth-order valence-corrected chi connectivity index (χ4v) is 3.87. The fraction of sp³-hybridized carbons (Fsp3) is 0.389. The van der Waals surface area contributed by atoms with Gasteiger partial charge in [0.1, 0.15) is 11.8 Å². The lowest BCUT2D eigenvalue weighted by Crippen LogP contribution is -2.32. The quantitative estimate of drug-likeness (QED) is 0.170. The second-order valence-corrected chi connectivity index (χ2v) is 8.25. The highest BCUT2D eigenvalue weighted by Gasteiger charge is 2.39. The number of hydrogen-bond donors (Lipinski definition) is 0. The number of hydrogen-bond acceptors (Lipinski definition) is 5. The van der Waals surface area contributed by atoms with Gasteiger partial charge in [-0.05, 0) is 30.3 Å². The number of carbonyl (C=O) groups excluding carboxylic acids is 1. The first kappa shape index (κ1) is 27.1. The SMILES string of the molecule is CCCCON(C(C)=O)c1c(SC(F)(F)F)c(C#N)nn1-c1c(Cl)cc(C(F)(F)F)cc1Cl. The zero-order chi connectivity index (χ0) is 25.1. The van der Waals surface area contributed by atoms with Crippen molar-refractivity contribution in [3.8, 4) is 11.8 Å². The first-order chi connectivity index (χ1) is 15.2. The van der Waals surface area contributed by atoms with Crippen molar-refractivity contribution >= 4 is 46.7 Å². The standard InChI is InChI=1S/C18H14Cl2F6N4O2S/c1-3-4-5-32-30(9(2)31)16-15(33-18(24,25)26)13(8-27)28-29(16)14-11(19)6-10(7-12(14)20)17(21,22)23/h6-7H,3-5H2,1-2H3. The van der Waals surface area contributed by atoms with E-state index in [0.717, 1.165) is 6.92 Å². The summed E-state index contributed by atoms with van der Waals surface area (Å²) in [4.78, 5) is 16.8. The molecular formula is C18H14Cl2F6N4O2S. The first-order valence-electron chi connectivity index (χ1n) is 9.00.